The predicted octanol–water partition coefficient (Wildman–Crippen LogP) is 5.22. The number of rotatable bonds is 5. The molecule has 0 fully saturated rings. The number of benzene rings is 1. The van der Waals surface area contributed by atoms with Gasteiger partial charge in [-0.3, -0.25) is 10.1 Å². The summed E-state index contributed by atoms with van der Waals surface area (Å²) in [6.45, 7) is 9.58. The first-order chi connectivity index (χ1) is 12.2. The number of nitrogens with one attached hydrogen (secondary N) is 2. The quantitative estimate of drug-likeness (QED) is 0.754. The molecule has 0 radical (unpaired) electrons. The van der Waals surface area contributed by atoms with Gasteiger partial charge in [0, 0.05) is 16.1 Å². The second kappa shape index (κ2) is 8.36. The van der Waals surface area contributed by atoms with E-state index in [0.717, 1.165) is 4.88 Å². The molecule has 2 amide bonds. The van der Waals surface area contributed by atoms with Gasteiger partial charge in [-0.2, -0.15) is 0 Å². The summed E-state index contributed by atoms with van der Waals surface area (Å²) in [7, 11) is 0. The average molecular weight is 375 g/mol. The molecule has 2 rings (SSSR count). The molecule has 1 aromatic heterocycles. The van der Waals surface area contributed by atoms with E-state index in [2.05, 4.69) is 24.5 Å². The van der Waals surface area contributed by atoms with Crippen molar-refractivity contribution < 1.29 is 14.3 Å². The number of carbonyl (C=O) groups is 2. The van der Waals surface area contributed by atoms with Crippen LogP contribution in [0.15, 0.2) is 41.8 Å². The van der Waals surface area contributed by atoms with Crippen molar-refractivity contribution in [2.24, 2.45) is 5.92 Å². The van der Waals surface area contributed by atoms with E-state index in [0.29, 0.717) is 11.3 Å². The highest BCUT2D eigenvalue weighted by molar-refractivity contribution is 7.10. The molecular weight excluding hydrogens is 348 g/mol. The third-order valence-corrected chi connectivity index (χ3v) is 4.55. The molecule has 0 aliphatic carbocycles. The maximum atomic E-state index is 12.6. The molecule has 1 atom stereocenters. The number of thiophene rings is 1. The summed E-state index contributed by atoms with van der Waals surface area (Å²) in [6, 6.07) is 10.7. The Morgan fingerprint density at radius 3 is 2.23 bits per heavy atom. The first kappa shape index (κ1) is 20.0. The van der Waals surface area contributed by atoms with Crippen LogP contribution >= 0.6 is 11.3 Å². The van der Waals surface area contributed by atoms with Gasteiger partial charge in [0.15, 0.2) is 0 Å². The van der Waals surface area contributed by atoms with E-state index in [1.165, 1.54) is 0 Å². The summed E-state index contributed by atoms with van der Waals surface area (Å²) < 4.78 is 5.21. The third-order valence-electron chi connectivity index (χ3n) is 3.60. The van der Waals surface area contributed by atoms with E-state index in [1.54, 1.807) is 56.4 Å². The topological polar surface area (TPSA) is 67.4 Å². The molecule has 0 aliphatic rings. The molecule has 0 saturated heterocycles. The lowest BCUT2D eigenvalue weighted by Gasteiger charge is -2.21. The first-order valence-electron chi connectivity index (χ1n) is 8.60. The number of hydrogen-bond donors (Lipinski definition) is 2. The normalized spacial score (nSPS) is 12.5. The molecule has 0 bridgehead atoms. The van der Waals surface area contributed by atoms with Crippen molar-refractivity contribution in [3.63, 3.8) is 0 Å². The lowest BCUT2D eigenvalue weighted by atomic mass is 10.0. The van der Waals surface area contributed by atoms with Gasteiger partial charge in [0.2, 0.25) is 0 Å². The molecular formula is C20H26N2O3S. The van der Waals surface area contributed by atoms with Gasteiger partial charge in [-0.15, -0.1) is 11.3 Å². The fourth-order valence-corrected chi connectivity index (χ4v) is 3.33. The van der Waals surface area contributed by atoms with Crippen molar-refractivity contribution in [2.75, 3.05) is 5.32 Å². The minimum absolute atomic E-state index is 0.0259. The summed E-state index contributed by atoms with van der Waals surface area (Å²) >= 11 is 1.63. The Morgan fingerprint density at radius 2 is 1.73 bits per heavy atom. The zero-order valence-electron chi connectivity index (χ0n) is 15.8. The second-order valence-corrected chi connectivity index (χ2v) is 8.39. The first-order valence-corrected chi connectivity index (χ1v) is 9.48. The fraction of sp³-hybridized carbons (Fsp3) is 0.400. The standard InChI is InChI=1S/C20H26N2O3S/c1-13(2)17(16-7-6-12-26-16)22-18(23)14-8-10-15(11-9-14)21-19(24)25-20(3,4)5/h6-13,17H,1-5H3,(H,21,24)(H,22,23)/t17-/m1/s1. The van der Waals surface area contributed by atoms with Crippen LogP contribution in [0.25, 0.3) is 0 Å². The average Bonchev–Trinajstić information content (AvgIpc) is 3.04. The van der Waals surface area contributed by atoms with Gasteiger partial charge in [-0.25, -0.2) is 4.79 Å². The lowest BCUT2D eigenvalue weighted by Crippen LogP contribution is -2.31. The second-order valence-electron chi connectivity index (χ2n) is 7.41. The smallest absolute Gasteiger partial charge is 0.412 e. The van der Waals surface area contributed by atoms with Gasteiger partial charge in [-0.05, 0) is 62.4 Å². The minimum Gasteiger partial charge on any atom is -0.444 e. The summed E-state index contributed by atoms with van der Waals surface area (Å²) in [6.07, 6.45) is -0.521. The Morgan fingerprint density at radius 1 is 1.08 bits per heavy atom. The maximum Gasteiger partial charge on any atom is 0.412 e. The molecule has 0 unspecified atom stereocenters. The molecule has 26 heavy (non-hydrogen) atoms. The minimum atomic E-state index is -0.558. The van der Waals surface area contributed by atoms with Gasteiger partial charge >= 0.3 is 6.09 Å². The zero-order chi connectivity index (χ0) is 19.3. The summed E-state index contributed by atoms with van der Waals surface area (Å²) in [5, 5.41) is 7.75. The number of hydrogen-bond acceptors (Lipinski definition) is 4. The Bertz CT molecular complexity index is 731. The fourth-order valence-electron chi connectivity index (χ4n) is 2.39. The van der Waals surface area contributed by atoms with Crippen LogP contribution < -0.4 is 10.6 Å². The van der Waals surface area contributed by atoms with Crippen LogP contribution in [0.4, 0.5) is 10.5 Å². The van der Waals surface area contributed by atoms with E-state index in [9.17, 15) is 9.59 Å². The number of amides is 2. The van der Waals surface area contributed by atoms with Crippen LogP contribution in [-0.4, -0.2) is 17.6 Å². The summed E-state index contributed by atoms with van der Waals surface area (Å²) in [4.78, 5) is 25.5. The van der Waals surface area contributed by atoms with Crippen molar-refractivity contribution in [3.8, 4) is 0 Å². The Hall–Kier alpha value is -2.34. The number of carbonyl (C=O) groups excluding carboxylic acids is 2. The van der Waals surface area contributed by atoms with Crippen molar-refractivity contribution in [3.05, 3.63) is 52.2 Å². The number of ether oxygens (including phenoxy) is 1. The molecule has 2 aromatic rings. The van der Waals surface area contributed by atoms with E-state index >= 15 is 0 Å². The van der Waals surface area contributed by atoms with Crippen LogP contribution in [0.2, 0.25) is 0 Å². The molecule has 0 spiro atoms. The van der Waals surface area contributed by atoms with E-state index in [1.807, 2.05) is 17.5 Å². The van der Waals surface area contributed by atoms with Gasteiger partial charge < -0.3 is 10.1 Å². The largest absolute Gasteiger partial charge is 0.444 e. The van der Waals surface area contributed by atoms with Crippen molar-refractivity contribution in [2.45, 2.75) is 46.3 Å². The Kier molecular flexibility index (Phi) is 6.42. The third kappa shape index (κ3) is 5.88. The van der Waals surface area contributed by atoms with Gasteiger partial charge in [0.05, 0.1) is 6.04 Å². The highest BCUT2D eigenvalue weighted by atomic mass is 32.1. The molecule has 2 N–H and O–H groups in total. The number of anilines is 1. The maximum absolute atomic E-state index is 12.6. The predicted molar refractivity (Wildman–Crippen MR) is 106 cm³/mol. The highest BCUT2D eigenvalue weighted by Gasteiger charge is 2.20. The van der Waals surface area contributed by atoms with Crippen LogP contribution in [0, 0.1) is 5.92 Å². The molecule has 5 nitrogen and oxygen atoms in total. The molecule has 6 heteroatoms. The van der Waals surface area contributed by atoms with Gasteiger partial charge in [-0.1, -0.05) is 19.9 Å². The van der Waals surface area contributed by atoms with Gasteiger partial charge in [0.1, 0.15) is 5.60 Å². The van der Waals surface area contributed by atoms with Crippen LogP contribution in [0.1, 0.15) is 55.9 Å². The molecule has 140 valence electrons. The van der Waals surface area contributed by atoms with Crippen molar-refractivity contribution in [1.82, 2.24) is 5.32 Å². The zero-order valence-corrected chi connectivity index (χ0v) is 16.6. The van der Waals surface area contributed by atoms with Crippen LogP contribution in [0.3, 0.4) is 0 Å². The van der Waals surface area contributed by atoms with E-state index < -0.39 is 11.7 Å². The monoisotopic (exact) mass is 374 g/mol. The molecule has 1 heterocycles. The molecule has 0 aliphatic heterocycles. The summed E-state index contributed by atoms with van der Waals surface area (Å²) in [5.41, 5.74) is 0.564. The lowest BCUT2D eigenvalue weighted by molar-refractivity contribution is 0.0635. The SMILES string of the molecule is CC(C)[C@@H](NC(=O)c1ccc(NC(=O)OC(C)(C)C)cc1)c1cccs1. The van der Waals surface area contributed by atoms with Crippen molar-refractivity contribution in [1.29, 1.82) is 0 Å². The Balaban J connectivity index is 2.01. The highest BCUT2D eigenvalue weighted by Crippen LogP contribution is 2.26. The van der Waals surface area contributed by atoms with Crippen LogP contribution in [-0.2, 0) is 4.74 Å². The Labute approximate surface area is 158 Å². The van der Waals surface area contributed by atoms with E-state index in [4.69, 9.17) is 4.74 Å². The molecule has 0 saturated carbocycles. The van der Waals surface area contributed by atoms with Crippen LogP contribution in [0.5, 0.6) is 0 Å². The van der Waals surface area contributed by atoms with Crippen molar-refractivity contribution >= 4 is 29.0 Å². The molecule has 1 aromatic carbocycles. The van der Waals surface area contributed by atoms with Gasteiger partial charge in [0.25, 0.3) is 5.91 Å². The summed E-state index contributed by atoms with van der Waals surface area (Å²) in [5.74, 6) is 0.145. The van der Waals surface area contributed by atoms with E-state index in [-0.39, 0.29) is 17.9 Å².